The third-order valence-electron chi connectivity index (χ3n) is 4.22. The van der Waals surface area contributed by atoms with Crippen LogP contribution in [0.1, 0.15) is 53.0 Å². The summed E-state index contributed by atoms with van der Waals surface area (Å²) in [4.78, 5) is 0. The van der Waals surface area contributed by atoms with Gasteiger partial charge in [0.2, 0.25) is 0 Å². The zero-order chi connectivity index (χ0) is 16.1. The molecule has 0 saturated carbocycles. The van der Waals surface area contributed by atoms with Gasteiger partial charge < -0.3 is 10.2 Å². The number of hydrogen-bond donors (Lipinski definition) is 2. The van der Waals surface area contributed by atoms with E-state index >= 15 is 0 Å². The monoisotopic (exact) mass is 292 g/mol. The van der Waals surface area contributed by atoms with Crippen LogP contribution in [0.2, 0.25) is 0 Å². The first-order valence-corrected chi connectivity index (χ1v) is 7.98. The Morgan fingerprint density at radius 1 is 1.00 bits per heavy atom. The molecule has 2 N–H and O–H groups in total. The third-order valence-corrected chi connectivity index (χ3v) is 4.22. The van der Waals surface area contributed by atoms with Crippen LogP contribution in [0.25, 0.3) is 0 Å². The minimum atomic E-state index is -0.465. The van der Waals surface area contributed by atoms with Crippen molar-refractivity contribution in [2.75, 3.05) is 6.61 Å². The Kier molecular flexibility index (Phi) is 6.42. The van der Waals surface area contributed by atoms with Crippen molar-refractivity contribution in [1.29, 1.82) is 0 Å². The first-order chi connectivity index (χ1) is 9.65. The first kappa shape index (κ1) is 18.2. The predicted octanol–water partition coefficient (Wildman–Crippen LogP) is 4.05. The molecule has 0 aliphatic rings. The summed E-state index contributed by atoms with van der Waals surface area (Å²) < 4.78 is 0. The fourth-order valence-corrected chi connectivity index (χ4v) is 3.55. The lowest BCUT2D eigenvalue weighted by molar-refractivity contribution is -0.0225. The van der Waals surface area contributed by atoms with E-state index in [1.165, 1.54) is 5.56 Å². The fraction of sp³-hybridized carbons (Fsp3) is 0.684. The molecule has 21 heavy (non-hydrogen) atoms. The Morgan fingerprint density at radius 3 is 2.05 bits per heavy atom. The number of aliphatic hydroxyl groups is 2. The second-order valence-electron chi connectivity index (χ2n) is 8.11. The minimum absolute atomic E-state index is 0.0407. The van der Waals surface area contributed by atoms with E-state index in [1.54, 1.807) is 0 Å². The van der Waals surface area contributed by atoms with Crippen molar-refractivity contribution in [1.82, 2.24) is 0 Å². The fourth-order valence-electron chi connectivity index (χ4n) is 3.55. The summed E-state index contributed by atoms with van der Waals surface area (Å²) in [6.07, 6.45) is 2.06. The average molecular weight is 292 g/mol. The molecule has 1 aromatic rings. The minimum Gasteiger partial charge on any atom is -0.396 e. The zero-order valence-corrected chi connectivity index (χ0v) is 14.3. The highest BCUT2D eigenvalue weighted by Gasteiger charge is 2.37. The Hall–Kier alpha value is -0.860. The summed E-state index contributed by atoms with van der Waals surface area (Å²) in [5, 5.41) is 20.3. The summed E-state index contributed by atoms with van der Waals surface area (Å²) in [5.74, 6) is -0.0829. The highest BCUT2D eigenvalue weighted by Crippen LogP contribution is 2.41. The van der Waals surface area contributed by atoms with Gasteiger partial charge in [-0.05, 0) is 35.7 Å². The van der Waals surface area contributed by atoms with E-state index in [0.29, 0.717) is 6.42 Å². The standard InChI is InChI=1S/C19H32O2/c1-18(2,3)14-19(4,5)16(13-20)17(21)12-11-15-9-7-6-8-10-15/h6-10,16-17,20-21H,11-14H2,1-5H3/t16-,17+/m0/s1. The van der Waals surface area contributed by atoms with Crippen LogP contribution in [-0.4, -0.2) is 22.9 Å². The van der Waals surface area contributed by atoms with Gasteiger partial charge in [-0.25, -0.2) is 0 Å². The molecule has 1 aromatic carbocycles. The van der Waals surface area contributed by atoms with Crippen LogP contribution in [0.3, 0.4) is 0 Å². The second-order valence-corrected chi connectivity index (χ2v) is 8.11. The molecular formula is C19H32O2. The predicted molar refractivity (Wildman–Crippen MR) is 89.2 cm³/mol. The van der Waals surface area contributed by atoms with Gasteiger partial charge >= 0.3 is 0 Å². The molecule has 0 amide bonds. The van der Waals surface area contributed by atoms with Crippen LogP contribution in [0.15, 0.2) is 30.3 Å². The van der Waals surface area contributed by atoms with E-state index in [0.717, 1.165) is 12.8 Å². The first-order valence-electron chi connectivity index (χ1n) is 7.98. The van der Waals surface area contributed by atoms with E-state index in [1.807, 2.05) is 18.2 Å². The summed E-state index contributed by atoms with van der Waals surface area (Å²) >= 11 is 0. The molecular weight excluding hydrogens is 260 g/mol. The van der Waals surface area contributed by atoms with Gasteiger partial charge in [0.15, 0.2) is 0 Å². The number of benzene rings is 1. The Bertz CT molecular complexity index is 403. The van der Waals surface area contributed by atoms with E-state index in [2.05, 4.69) is 46.8 Å². The number of aryl methyl sites for hydroxylation is 1. The number of aliphatic hydroxyl groups excluding tert-OH is 2. The van der Waals surface area contributed by atoms with Crippen LogP contribution in [0, 0.1) is 16.7 Å². The zero-order valence-electron chi connectivity index (χ0n) is 14.3. The smallest absolute Gasteiger partial charge is 0.0598 e. The number of hydrogen-bond acceptors (Lipinski definition) is 2. The van der Waals surface area contributed by atoms with Crippen molar-refractivity contribution >= 4 is 0 Å². The van der Waals surface area contributed by atoms with Gasteiger partial charge in [-0.15, -0.1) is 0 Å². The lowest BCUT2D eigenvalue weighted by Gasteiger charge is -2.40. The molecule has 0 fully saturated rings. The lowest BCUT2D eigenvalue weighted by atomic mass is 9.67. The van der Waals surface area contributed by atoms with Crippen LogP contribution in [-0.2, 0) is 6.42 Å². The average Bonchev–Trinajstić information content (AvgIpc) is 2.35. The van der Waals surface area contributed by atoms with Gasteiger partial charge in [-0.2, -0.15) is 0 Å². The van der Waals surface area contributed by atoms with Crippen LogP contribution in [0.4, 0.5) is 0 Å². The molecule has 1 rings (SSSR count). The van der Waals surface area contributed by atoms with Gasteiger partial charge in [-0.3, -0.25) is 0 Å². The quantitative estimate of drug-likeness (QED) is 0.796. The van der Waals surface area contributed by atoms with Crippen molar-refractivity contribution in [3.8, 4) is 0 Å². The van der Waals surface area contributed by atoms with Gasteiger partial charge in [0, 0.05) is 12.5 Å². The van der Waals surface area contributed by atoms with Crippen molar-refractivity contribution in [2.45, 2.75) is 60.0 Å². The maximum Gasteiger partial charge on any atom is 0.0598 e. The van der Waals surface area contributed by atoms with Crippen LogP contribution >= 0.6 is 0 Å². The largest absolute Gasteiger partial charge is 0.396 e. The van der Waals surface area contributed by atoms with Crippen molar-refractivity contribution in [3.05, 3.63) is 35.9 Å². The van der Waals surface area contributed by atoms with E-state index in [-0.39, 0.29) is 23.4 Å². The van der Waals surface area contributed by atoms with E-state index < -0.39 is 6.10 Å². The summed E-state index contributed by atoms with van der Waals surface area (Å²) in [7, 11) is 0. The number of rotatable bonds is 7. The van der Waals surface area contributed by atoms with Crippen molar-refractivity contribution in [3.63, 3.8) is 0 Å². The highest BCUT2D eigenvalue weighted by molar-refractivity contribution is 5.14. The third kappa shape index (κ3) is 6.19. The normalized spacial score (nSPS) is 15.8. The highest BCUT2D eigenvalue weighted by atomic mass is 16.3. The summed E-state index contributed by atoms with van der Waals surface area (Å²) in [6.45, 7) is 11.0. The Morgan fingerprint density at radius 2 is 1.57 bits per heavy atom. The van der Waals surface area contributed by atoms with Gasteiger partial charge in [0.1, 0.15) is 0 Å². The Balaban J connectivity index is 2.66. The molecule has 2 atom stereocenters. The molecule has 0 heterocycles. The maximum atomic E-state index is 10.5. The molecule has 120 valence electrons. The molecule has 0 bridgehead atoms. The van der Waals surface area contributed by atoms with E-state index in [4.69, 9.17) is 0 Å². The summed E-state index contributed by atoms with van der Waals surface area (Å²) in [6, 6.07) is 10.2. The maximum absolute atomic E-state index is 10.5. The van der Waals surface area contributed by atoms with Crippen molar-refractivity contribution in [2.24, 2.45) is 16.7 Å². The van der Waals surface area contributed by atoms with Crippen molar-refractivity contribution < 1.29 is 10.2 Å². The molecule has 0 spiro atoms. The topological polar surface area (TPSA) is 40.5 Å². The second kappa shape index (κ2) is 7.42. The van der Waals surface area contributed by atoms with E-state index in [9.17, 15) is 10.2 Å². The van der Waals surface area contributed by atoms with Gasteiger partial charge in [0.05, 0.1) is 6.10 Å². The lowest BCUT2D eigenvalue weighted by Crippen LogP contribution is -2.39. The SMILES string of the molecule is CC(C)(C)CC(C)(C)[C@@H](CO)[C@H](O)CCc1ccccc1. The molecule has 2 heteroatoms. The molecule has 0 aliphatic heterocycles. The Labute approximate surface area is 130 Å². The van der Waals surface area contributed by atoms with Gasteiger partial charge in [0.25, 0.3) is 0 Å². The molecule has 0 aliphatic carbocycles. The molecule has 0 radical (unpaired) electrons. The molecule has 0 aromatic heterocycles. The van der Waals surface area contributed by atoms with Crippen LogP contribution in [0.5, 0.6) is 0 Å². The van der Waals surface area contributed by atoms with Gasteiger partial charge in [-0.1, -0.05) is 65.0 Å². The molecule has 0 unspecified atom stereocenters. The molecule has 2 nitrogen and oxygen atoms in total. The molecule has 0 saturated heterocycles. The van der Waals surface area contributed by atoms with Crippen LogP contribution < -0.4 is 0 Å². The summed E-state index contributed by atoms with van der Waals surface area (Å²) in [5.41, 5.74) is 1.35.